The maximum Gasteiger partial charge on any atom is 0.471 e. The van der Waals surface area contributed by atoms with Crippen LogP contribution in [0.25, 0.3) is 0 Å². The van der Waals surface area contributed by atoms with Crippen molar-refractivity contribution in [3.8, 4) is 17.2 Å². The van der Waals surface area contributed by atoms with Crippen molar-refractivity contribution < 1.29 is 105 Å². The number of amides is 1. The normalized spacial score (nSPS) is 21.6. The summed E-state index contributed by atoms with van der Waals surface area (Å²) in [7, 11) is 2.79. The van der Waals surface area contributed by atoms with Crippen LogP contribution in [-0.4, -0.2) is 172 Å². The fourth-order valence-corrected chi connectivity index (χ4v) is 8.84. The van der Waals surface area contributed by atoms with Gasteiger partial charge in [-0.15, -0.1) is 0 Å². The summed E-state index contributed by atoms with van der Waals surface area (Å²) in [5.74, 6) is -10.5. The van der Waals surface area contributed by atoms with Crippen LogP contribution in [-0.2, 0) is 53.9 Å². The number of benzene rings is 3. The van der Waals surface area contributed by atoms with Gasteiger partial charge >= 0.3 is 18.1 Å². The molecule has 3 aliphatic rings. The number of aromatic carboxylic acids is 1. The van der Waals surface area contributed by atoms with Gasteiger partial charge < -0.3 is 68.4 Å². The zero-order chi connectivity index (χ0) is 52.5. The molecule has 1 saturated heterocycles. The molecule has 22 nitrogen and oxygen atoms in total. The number of non-ortho nitro benzene ring substituents is 1. The van der Waals surface area contributed by atoms with Gasteiger partial charge in [0.25, 0.3) is 5.69 Å². The second-order valence-corrected chi connectivity index (χ2v) is 16.8. The molecule has 25 heteroatoms. The number of nitro groups is 1. The molecule has 1 aliphatic heterocycles. The van der Waals surface area contributed by atoms with Crippen molar-refractivity contribution in [3.63, 3.8) is 0 Å². The number of rotatable bonds is 25. The Labute approximate surface area is 408 Å². The molecule has 5 N–H and O–H groups in total. The van der Waals surface area contributed by atoms with Crippen LogP contribution < -0.4 is 10.1 Å². The summed E-state index contributed by atoms with van der Waals surface area (Å²) in [5.41, 5.74) is -6.72. The molecule has 0 aromatic heterocycles. The number of nitrogens with zero attached hydrogens (tertiary/aromatic N) is 1. The van der Waals surface area contributed by atoms with E-state index in [1.807, 2.05) is 5.32 Å². The molecule has 1 amide bonds. The third kappa shape index (κ3) is 12.4. The first-order chi connectivity index (χ1) is 34.2. The van der Waals surface area contributed by atoms with E-state index in [0.717, 1.165) is 25.1 Å². The van der Waals surface area contributed by atoms with Gasteiger partial charge in [0.1, 0.15) is 22.8 Å². The molecular weight excluding hydrogens is 970 g/mol. The Kier molecular flexibility index (Phi) is 18.4. The fourth-order valence-electron chi connectivity index (χ4n) is 8.84. The minimum Gasteiger partial charge on any atom is -0.507 e. The van der Waals surface area contributed by atoms with Crippen LogP contribution in [0.15, 0.2) is 36.4 Å². The van der Waals surface area contributed by atoms with Gasteiger partial charge in [-0.3, -0.25) is 29.3 Å². The van der Waals surface area contributed by atoms with Crippen molar-refractivity contribution >= 4 is 34.9 Å². The number of aliphatic hydroxyl groups is 1. The zero-order valence-electron chi connectivity index (χ0n) is 39.2. The third-order valence-corrected chi connectivity index (χ3v) is 12.3. The molecular formula is C47H53F3N2O20. The van der Waals surface area contributed by atoms with Crippen LogP contribution in [0, 0.1) is 10.1 Å². The molecule has 1 heterocycles. The summed E-state index contributed by atoms with van der Waals surface area (Å²) in [5, 5.41) is 59.6. The molecule has 0 saturated carbocycles. The number of hydrogen-bond acceptors (Lipinski definition) is 19. The summed E-state index contributed by atoms with van der Waals surface area (Å²) < 4.78 is 92.5. The maximum absolute atomic E-state index is 14.2. The summed E-state index contributed by atoms with van der Waals surface area (Å²) in [6, 6.07) is 4.77. The highest BCUT2D eigenvalue weighted by Crippen LogP contribution is 2.53. The summed E-state index contributed by atoms with van der Waals surface area (Å²) in [6.07, 6.45) is -13.0. The molecule has 6 rings (SSSR count). The van der Waals surface area contributed by atoms with Gasteiger partial charge in [0.05, 0.1) is 119 Å². The number of aromatic hydroxyl groups is 2. The lowest BCUT2D eigenvalue weighted by Gasteiger charge is -2.45. The standard InChI is InChI=1S/C47H53F3N2O20/c1-24(53)46(61)21-29-37(43(57)39-38(41(29)55)40(54)27-5-4-6-31(65-3)36(27)42(39)56)32(22-46)71-34-20-30(51-45(60)47(48,49)50)35(28-19-25(52(62)63)7-8-26(28)44(58)59)33(72-34)23-70-18-17-69-16-15-68-14-13-67-12-11-66-10-9-64-2/h4-8,19,30,32-35,55,57,61H,9-18,20-23H2,1-3H3,(H,51,60)(H,58,59)/t30-,32-,33+,34+,35-,46-/m0/s1. The molecule has 0 unspecified atom stereocenters. The van der Waals surface area contributed by atoms with Crippen molar-refractivity contribution in [1.82, 2.24) is 5.32 Å². The lowest BCUT2D eigenvalue weighted by Crippen LogP contribution is -2.55. The van der Waals surface area contributed by atoms with E-state index in [0.29, 0.717) is 26.4 Å². The van der Waals surface area contributed by atoms with Gasteiger partial charge in [-0.05, 0) is 24.6 Å². The number of phenolic OH excluding ortho intramolecular Hbond substituents is 2. The summed E-state index contributed by atoms with van der Waals surface area (Å²) in [4.78, 5) is 77.7. The van der Waals surface area contributed by atoms with E-state index in [1.54, 1.807) is 7.11 Å². The van der Waals surface area contributed by atoms with Crippen molar-refractivity contribution in [2.45, 2.75) is 68.4 Å². The van der Waals surface area contributed by atoms with Crippen LogP contribution in [0.3, 0.4) is 0 Å². The average Bonchev–Trinajstić information content (AvgIpc) is 3.33. The number of methoxy groups -OCH3 is 2. The van der Waals surface area contributed by atoms with Crippen LogP contribution in [0.1, 0.15) is 90.7 Å². The second-order valence-electron chi connectivity index (χ2n) is 16.8. The second kappa shape index (κ2) is 24.0. The summed E-state index contributed by atoms with van der Waals surface area (Å²) >= 11 is 0. The highest BCUT2D eigenvalue weighted by Gasteiger charge is 2.52. The SMILES string of the molecule is COCCOCCOCCOCCOCCOC[C@H]1O[C@@H](O[C@H]2C[C@](O)(C(C)=O)Cc3c(O)c4c(c(O)c32)C(=O)c2c(OC)cccc2C4=O)C[C@H](NC(=O)C(F)(F)F)[C@@H]1c1cc([N+](=O)[O-])ccc1C(=O)O. The fraction of sp³-hybridized carbons (Fsp3) is 0.511. The number of fused-ring (bicyclic) bond motifs is 3. The van der Waals surface area contributed by atoms with E-state index in [9.17, 15) is 67.7 Å². The molecule has 0 spiro atoms. The number of phenols is 2. The monoisotopic (exact) mass is 1020 g/mol. The Balaban J connectivity index is 1.31. The molecule has 6 atom stereocenters. The lowest BCUT2D eigenvalue weighted by molar-refractivity contribution is -0.385. The van der Waals surface area contributed by atoms with E-state index in [2.05, 4.69) is 0 Å². The van der Waals surface area contributed by atoms with Gasteiger partial charge in [-0.1, -0.05) is 12.1 Å². The quantitative estimate of drug-likeness (QED) is 0.0275. The third-order valence-electron chi connectivity index (χ3n) is 12.3. The minimum absolute atomic E-state index is 0.0544. The van der Waals surface area contributed by atoms with Gasteiger partial charge in [0, 0.05) is 67.2 Å². The number of ether oxygens (including phenoxy) is 9. The number of ketones is 3. The molecule has 1 fully saturated rings. The van der Waals surface area contributed by atoms with Crippen LogP contribution >= 0.6 is 0 Å². The van der Waals surface area contributed by atoms with E-state index >= 15 is 0 Å². The van der Waals surface area contributed by atoms with Crippen molar-refractivity contribution in [2.75, 3.05) is 86.9 Å². The molecule has 3 aromatic rings. The predicted octanol–water partition coefficient (Wildman–Crippen LogP) is 3.49. The van der Waals surface area contributed by atoms with Crippen LogP contribution in [0.2, 0.25) is 0 Å². The highest BCUT2D eigenvalue weighted by molar-refractivity contribution is 6.31. The van der Waals surface area contributed by atoms with E-state index in [1.165, 1.54) is 25.3 Å². The van der Waals surface area contributed by atoms with Gasteiger partial charge in [-0.2, -0.15) is 13.2 Å². The Morgan fingerprint density at radius 2 is 1.46 bits per heavy atom. The zero-order valence-corrected chi connectivity index (χ0v) is 39.2. The first-order valence-corrected chi connectivity index (χ1v) is 22.4. The van der Waals surface area contributed by atoms with E-state index < -0.39 is 153 Å². The number of carbonyl (C=O) groups is 5. The Bertz CT molecular complexity index is 2520. The van der Waals surface area contributed by atoms with E-state index in [-0.39, 0.29) is 56.5 Å². The van der Waals surface area contributed by atoms with Crippen molar-refractivity contribution in [1.29, 1.82) is 0 Å². The number of halogens is 3. The smallest absolute Gasteiger partial charge is 0.471 e. The molecule has 392 valence electrons. The number of Topliss-reactive ketones (excluding diaryl/α,β-unsaturated/α-hetero) is 1. The number of alkyl halides is 3. The Hall–Kier alpha value is -6.16. The number of hydrogen-bond donors (Lipinski definition) is 5. The molecule has 2 aliphatic carbocycles. The number of carboxylic acid groups (broad SMARTS) is 1. The maximum atomic E-state index is 14.2. The van der Waals surface area contributed by atoms with E-state index in [4.69, 9.17) is 42.6 Å². The molecule has 72 heavy (non-hydrogen) atoms. The highest BCUT2D eigenvalue weighted by atomic mass is 19.4. The first-order valence-electron chi connectivity index (χ1n) is 22.4. The Morgan fingerprint density at radius 3 is 2.01 bits per heavy atom. The Morgan fingerprint density at radius 1 is 0.861 bits per heavy atom. The lowest BCUT2D eigenvalue weighted by atomic mass is 9.72. The van der Waals surface area contributed by atoms with Crippen LogP contribution in [0.5, 0.6) is 17.2 Å². The molecule has 0 radical (unpaired) electrons. The average molecular weight is 1020 g/mol. The van der Waals surface area contributed by atoms with Gasteiger partial charge in [0.2, 0.25) is 5.78 Å². The predicted molar refractivity (Wildman–Crippen MR) is 237 cm³/mol. The number of nitrogens with one attached hydrogen (secondary N) is 1. The number of carbonyl (C=O) groups excluding carboxylic acids is 4. The first kappa shape index (κ1) is 55.2. The number of carboxylic acids is 1. The van der Waals surface area contributed by atoms with Gasteiger partial charge in [0.15, 0.2) is 17.9 Å². The minimum atomic E-state index is -5.52. The molecule has 3 aromatic carbocycles. The topological polar surface area (TPSA) is 305 Å². The molecule has 0 bridgehead atoms. The van der Waals surface area contributed by atoms with Crippen molar-refractivity contribution in [3.05, 3.63) is 91.0 Å². The van der Waals surface area contributed by atoms with Crippen LogP contribution in [0.4, 0.5) is 18.9 Å². The largest absolute Gasteiger partial charge is 0.507 e. The van der Waals surface area contributed by atoms with Crippen molar-refractivity contribution in [2.24, 2.45) is 0 Å². The van der Waals surface area contributed by atoms with Gasteiger partial charge in [-0.25, -0.2) is 4.79 Å². The summed E-state index contributed by atoms with van der Waals surface area (Å²) in [6.45, 7) is 2.45. The number of nitro benzene ring substituents is 1.